The van der Waals surface area contributed by atoms with Gasteiger partial charge in [0.15, 0.2) is 5.75 Å². The summed E-state index contributed by atoms with van der Waals surface area (Å²) in [5.41, 5.74) is 11.3. The van der Waals surface area contributed by atoms with E-state index in [0.29, 0.717) is 23.7 Å². The Bertz CT molecular complexity index is 421. The van der Waals surface area contributed by atoms with Crippen molar-refractivity contribution in [1.82, 2.24) is 0 Å². The molecule has 0 unspecified atom stereocenters. The van der Waals surface area contributed by atoms with Crippen LogP contribution in [0, 0.1) is 0 Å². The van der Waals surface area contributed by atoms with E-state index >= 15 is 0 Å². The van der Waals surface area contributed by atoms with Crippen LogP contribution in [0.25, 0.3) is 0 Å². The zero-order valence-corrected chi connectivity index (χ0v) is 11.3. The molecule has 1 rings (SSSR count). The third kappa shape index (κ3) is 3.49. The van der Waals surface area contributed by atoms with Crippen LogP contribution in [0.3, 0.4) is 0 Å². The third-order valence-corrected chi connectivity index (χ3v) is 3.23. The lowest BCUT2D eigenvalue weighted by molar-refractivity contribution is 0.100. The number of anilines is 2. The Morgan fingerprint density at radius 1 is 1.56 bits per heavy atom. The lowest BCUT2D eigenvalue weighted by Crippen LogP contribution is -2.12. The first-order chi connectivity index (χ1) is 8.47. The van der Waals surface area contributed by atoms with Gasteiger partial charge in [-0.15, -0.1) is 11.3 Å². The van der Waals surface area contributed by atoms with E-state index in [9.17, 15) is 9.18 Å². The number of hydrogen-bond donors (Lipinski definition) is 3. The lowest BCUT2D eigenvalue weighted by Gasteiger charge is -2.12. The number of alkyl halides is 1. The standard InChI is InChI=1S/C11H18FN3O2S/c1-6(2)17-8-7(13)9(10(14)16)18-11(8)15-5-3-4-12/h6,15H,3-5,13H2,1-2H3,(H2,14,16). The van der Waals surface area contributed by atoms with Gasteiger partial charge >= 0.3 is 0 Å². The molecule has 1 amide bonds. The van der Waals surface area contributed by atoms with E-state index in [1.807, 2.05) is 13.8 Å². The highest BCUT2D eigenvalue weighted by molar-refractivity contribution is 7.19. The summed E-state index contributed by atoms with van der Waals surface area (Å²) in [4.78, 5) is 11.5. The zero-order chi connectivity index (χ0) is 13.7. The number of carbonyl (C=O) groups excluding carboxylic acids is 1. The van der Waals surface area contributed by atoms with Crippen LogP contribution in [-0.2, 0) is 0 Å². The van der Waals surface area contributed by atoms with Gasteiger partial charge in [0.05, 0.1) is 12.8 Å². The van der Waals surface area contributed by atoms with Crippen molar-refractivity contribution in [3.63, 3.8) is 0 Å². The number of hydrogen-bond acceptors (Lipinski definition) is 5. The van der Waals surface area contributed by atoms with Crippen LogP contribution in [-0.4, -0.2) is 25.2 Å². The smallest absolute Gasteiger partial charge is 0.261 e. The van der Waals surface area contributed by atoms with Gasteiger partial charge in [0.25, 0.3) is 5.91 Å². The summed E-state index contributed by atoms with van der Waals surface area (Å²) < 4.78 is 17.6. The number of nitrogen functional groups attached to an aromatic ring is 1. The molecule has 102 valence electrons. The maximum absolute atomic E-state index is 12.1. The molecule has 0 aliphatic rings. The molecule has 5 N–H and O–H groups in total. The van der Waals surface area contributed by atoms with Crippen molar-refractivity contribution in [3.05, 3.63) is 4.88 Å². The average Bonchev–Trinajstić information content (AvgIpc) is 2.57. The number of ether oxygens (including phenoxy) is 1. The van der Waals surface area contributed by atoms with Gasteiger partial charge in [0, 0.05) is 6.54 Å². The quantitative estimate of drug-likeness (QED) is 0.664. The van der Waals surface area contributed by atoms with Crippen LogP contribution in [0.5, 0.6) is 5.75 Å². The normalized spacial score (nSPS) is 10.7. The molecule has 0 aliphatic heterocycles. The Morgan fingerprint density at radius 2 is 2.22 bits per heavy atom. The van der Waals surface area contributed by atoms with Gasteiger partial charge in [0.2, 0.25) is 0 Å². The van der Waals surface area contributed by atoms with E-state index < -0.39 is 12.6 Å². The summed E-state index contributed by atoms with van der Waals surface area (Å²) >= 11 is 1.13. The highest BCUT2D eigenvalue weighted by atomic mass is 32.1. The minimum atomic E-state index is -0.593. The molecule has 0 fully saturated rings. The first-order valence-electron chi connectivity index (χ1n) is 5.66. The van der Waals surface area contributed by atoms with Crippen LogP contribution >= 0.6 is 11.3 Å². The second-order valence-electron chi connectivity index (χ2n) is 4.00. The second-order valence-corrected chi connectivity index (χ2v) is 5.02. The maximum Gasteiger partial charge on any atom is 0.261 e. The summed E-state index contributed by atoms with van der Waals surface area (Å²) in [5.74, 6) is -0.174. The third-order valence-electron chi connectivity index (χ3n) is 2.07. The monoisotopic (exact) mass is 275 g/mol. The van der Waals surface area contributed by atoms with Gasteiger partial charge in [-0.05, 0) is 20.3 Å². The summed E-state index contributed by atoms with van der Waals surface area (Å²) in [5, 5.41) is 3.62. The molecule has 0 atom stereocenters. The zero-order valence-electron chi connectivity index (χ0n) is 10.5. The number of amides is 1. The van der Waals surface area contributed by atoms with Gasteiger partial charge in [-0.1, -0.05) is 0 Å². The number of thiophene rings is 1. The van der Waals surface area contributed by atoms with Crippen LogP contribution in [0.4, 0.5) is 15.1 Å². The topological polar surface area (TPSA) is 90.4 Å². The summed E-state index contributed by atoms with van der Waals surface area (Å²) in [6.45, 7) is 3.75. The summed E-state index contributed by atoms with van der Waals surface area (Å²) in [7, 11) is 0. The first-order valence-corrected chi connectivity index (χ1v) is 6.47. The molecule has 0 saturated carbocycles. The molecule has 0 saturated heterocycles. The fourth-order valence-electron chi connectivity index (χ4n) is 1.35. The molecule has 5 nitrogen and oxygen atoms in total. The van der Waals surface area contributed by atoms with Crippen molar-refractivity contribution in [2.45, 2.75) is 26.4 Å². The van der Waals surface area contributed by atoms with E-state index in [1.165, 1.54) is 0 Å². The van der Waals surface area contributed by atoms with Gasteiger partial charge in [-0.2, -0.15) is 0 Å². The van der Waals surface area contributed by atoms with Crippen molar-refractivity contribution in [2.24, 2.45) is 5.73 Å². The Labute approximate surface area is 109 Å². The average molecular weight is 275 g/mol. The Kier molecular flexibility index (Phi) is 5.21. The van der Waals surface area contributed by atoms with Crippen molar-refractivity contribution in [3.8, 4) is 5.75 Å². The van der Waals surface area contributed by atoms with E-state index in [0.717, 1.165) is 11.3 Å². The maximum atomic E-state index is 12.1. The number of halogens is 1. The highest BCUT2D eigenvalue weighted by Gasteiger charge is 2.21. The van der Waals surface area contributed by atoms with Crippen molar-refractivity contribution in [1.29, 1.82) is 0 Å². The number of rotatable bonds is 7. The highest BCUT2D eigenvalue weighted by Crippen LogP contribution is 2.42. The predicted molar refractivity (Wildman–Crippen MR) is 72.1 cm³/mol. The number of primary amides is 1. The largest absolute Gasteiger partial charge is 0.486 e. The van der Waals surface area contributed by atoms with E-state index in [4.69, 9.17) is 16.2 Å². The molecule has 1 aromatic rings. The molecular formula is C11H18FN3O2S. The molecule has 0 aliphatic carbocycles. The van der Waals surface area contributed by atoms with Crippen LogP contribution in [0.1, 0.15) is 29.9 Å². The van der Waals surface area contributed by atoms with Crippen LogP contribution < -0.4 is 21.5 Å². The Morgan fingerprint density at radius 3 is 2.72 bits per heavy atom. The minimum Gasteiger partial charge on any atom is -0.486 e. The Balaban J connectivity index is 2.97. The SMILES string of the molecule is CC(C)Oc1c(NCCCF)sc(C(N)=O)c1N. The minimum absolute atomic E-state index is 0.0793. The number of nitrogens with one attached hydrogen (secondary N) is 1. The molecular weight excluding hydrogens is 257 g/mol. The van der Waals surface area contributed by atoms with E-state index in [-0.39, 0.29) is 16.7 Å². The van der Waals surface area contributed by atoms with Crippen LogP contribution in [0.15, 0.2) is 0 Å². The molecule has 1 heterocycles. The predicted octanol–water partition coefficient (Wildman–Crippen LogP) is 1.99. The summed E-state index contributed by atoms with van der Waals surface area (Å²) in [6.07, 6.45) is 0.300. The van der Waals surface area contributed by atoms with Gasteiger partial charge in [-0.3, -0.25) is 9.18 Å². The molecule has 0 bridgehead atoms. The molecule has 1 aromatic heterocycles. The molecule has 18 heavy (non-hydrogen) atoms. The van der Waals surface area contributed by atoms with Gasteiger partial charge < -0.3 is 21.5 Å². The first kappa shape index (κ1) is 14.6. The molecule has 0 aromatic carbocycles. The number of nitrogens with two attached hydrogens (primary N) is 2. The fraction of sp³-hybridized carbons (Fsp3) is 0.545. The van der Waals surface area contributed by atoms with Gasteiger partial charge in [-0.25, -0.2) is 0 Å². The van der Waals surface area contributed by atoms with Crippen molar-refractivity contribution < 1.29 is 13.9 Å². The fourth-order valence-corrected chi connectivity index (χ4v) is 2.28. The van der Waals surface area contributed by atoms with Gasteiger partial charge in [0.1, 0.15) is 15.6 Å². The van der Waals surface area contributed by atoms with E-state index in [2.05, 4.69) is 5.32 Å². The van der Waals surface area contributed by atoms with Crippen molar-refractivity contribution >= 4 is 27.9 Å². The lowest BCUT2D eigenvalue weighted by atomic mass is 10.3. The second kappa shape index (κ2) is 6.44. The molecule has 0 radical (unpaired) electrons. The van der Waals surface area contributed by atoms with E-state index in [1.54, 1.807) is 0 Å². The van der Waals surface area contributed by atoms with Crippen LogP contribution in [0.2, 0.25) is 0 Å². The molecule has 0 spiro atoms. The summed E-state index contributed by atoms with van der Waals surface area (Å²) in [6, 6.07) is 0. The molecule has 7 heteroatoms. The number of carbonyl (C=O) groups is 1. The Hall–Kier alpha value is -1.50. The van der Waals surface area contributed by atoms with Crippen molar-refractivity contribution in [2.75, 3.05) is 24.3 Å².